The maximum absolute atomic E-state index is 11.6. The molecular formula is C12H18N4O3. The van der Waals surface area contributed by atoms with Gasteiger partial charge in [-0.15, -0.1) is 0 Å². The van der Waals surface area contributed by atoms with Crippen molar-refractivity contribution < 1.29 is 14.3 Å². The number of aryl methyl sites for hydroxylation is 1. The van der Waals surface area contributed by atoms with E-state index in [0.717, 1.165) is 0 Å². The van der Waals surface area contributed by atoms with Crippen LogP contribution in [0.1, 0.15) is 36.8 Å². The van der Waals surface area contributed by atoms with Crippen LogP contribution in [-0.2, 0) is 9.53 Å². The highest BCUT2D eigenvalue weighted by atomic mass is 16.5. The number of carbonyl (C=O) groups is 2. The smallest absolute Gasteiger partial charge is 0.341 e. The summed E-state index contributed by atoms with van der Waals surface area (Å²) in [5.41, 5.74) is 5.03. The number of rotatable bonds is 5. The van der Waals surface area contributed by atoms with Crippen LogP contribution in [0.4, 0.5) is 5.95 Å². The number of anilines is 1. The highest BCUT2D eigenvalue weighted by Gasteiger charge is 2.26. The van der Waals surface area contributed by atoms with E-state index in [1.807, 2.05) is 0 Å². The second-order valence-electron chi connectivity index (χ2n) is 4.53. The van der Waals surface area contributed by atoms with E-state index in [-0.39, 0.29) is 12.6 Å². The van der Waals surface area contributed by atoms with Gasteiger partial charge in [-0.25, -0.2) is 14.8 Å². The average Bonchev–Trinajstić information content (AvgIpc) is 2.28. The summed E-state index contributed by atoms with van der Waals surface area (Å²) in [7, 11) is 0. The Morgan fingerprint density at radius 1 is 1.47 bits per heavy atom. The molecule has 3 N–H and O–H groups in total. The molecule has 0 radical (unpaired) electrons. The molecule has 0 aliphatic rings. The largest absolute Gasteiger partial charge is 0.462 e. The minimum Gasteiger partial charge on any atom is -0.462 e. The van der Waals surface area contributed by atoms with E-state index in [1.54, 1.807) is 27.7 Å². The number of hydrogen-bond acceptors (Lipinski definition) is 6. The Morgan fingerprint density at radius 3 is 2.58 bits per heavy atom. The van der Waals surface area contributed by atoms with Crippen molar-refractivity contribution in [3.8, 4) is 0 Å². The van der Waals surface area contributed by atoms with Crippen LogP contribution in [0.3, 0.4) is 0 Å². The first kappa shape index (κ1) is 14.9. The highest BCUT2D eigenvalue weighted by molar-refractivity contribution is 5.90. The van der Waals surface area contributed by atoms with Crippen molar-refractivity contribution in [1.82, 2.24) is 9.97 Å². The van der Waals surface area contributed by atoms with Gasteiger partial charge in [-0.05, 0) is 27.7 Å². The first-order valence-electron chi connectivity index (χ1n) is 5.86. The fourth-order valence-corrected chi connectivity index (χ4v) is 1.28. The van der Waals surface area contributed by atoms with E-state index >= 15 is 0 Å². The summed E-state index contributed by atoms with van der Waals surface area (Å²) in [6.45, 7) is 6.91. The maximum atomic E-state index is 11.6. The number of nitrogens with zero attached hydrogens (tertiary/aromatic N) is 2. The monoisotopic (exact) mass is 266 g/mol. The van der Waals surface area contributed by atoms with Crippen LogP contribution in [0.15, 0.2) is 6.20 Å². The van der Waals surface area contributed by atoms with E-state index in [2.05, 4.69) is 15.3 Å². The van der Waals surface area contributed by atoms with Gasteiger partial charge in [0.1, 0.15) is 5.54 Å². The third kappa shape index (κ3) is 3.64. The van der Waals surface area contributed by atoms with E-state index in [1.165, 1.54) is 6.20 Å². The van der Waals surface area contributed by atoms with Gasteiger partial charge in [-0.3, -0.25) is 4.79 Å². The summed E-state index contributed by atoms with van der Waals surface area (Å²) in [5, 5.41) is 2.81. The number of nitrogens with one attached hydrogen (secondary N) is 1. The van der Waals surface area contributed by atoms with Crippen LogP contribution >= 0.6 is 0 Å². The van der Waals surface area contributed by atoms with Gasteiger partial charge in [-0.2, -0.15) is 0 Å². The Labute approximate surface area is 111 Å². The lowest BCUT2D eigenvalue weighted by Crippen LogP contribution is -2.45. The van der Waals surface area contributed by atoms with Crippen LogP contribution in [0, 0.1) is 6.92 Å². The lowest BCUT2D eigenvalue weighted by atomic mass is 10.1. The molecule has 0 atom stereocenters. The number of esters is 1. The number of amides is 1. The van der Waals surface area contributed by atoms with Gasteiger partial charge in [0.2, 0.25) is 11.9 Å². The fourth-order valence-electron chi connectivity index (χ4n) is 1.28. The normalized spacial score (nSPS) is 10.9. The Hall–Kier alpha value is -2.18. The molecule has 0 bridgehead atoms. The van der Waals surface area contributed by atoms with Crippen molar-refractivity contribution in [2.45, 2.75) is 33.2 Å². The molecule has 1 aromatic rings. The van der Waals surface area contributed by atoms with Crippen molar-refractivity contribution in [1.29, 1.82) is 0 Å². The third-order valence-electron chi connectivity index (χ3n) is 2.51. The molecule has 0 aliphatic heterocycles. The molecule has 0 fully saturated rings. The van der Waals surface area contributed by atoms with Gasteiger partial charge in [0.05, 0.1) is 17.9 Å². The first-order valence-corrected chi connectivity index (χ1v) is 5.86. The van der Waals surface area contributed by atoms with Crippen LogP contribution in [0.2, 0.25) is 0 Å². The second-order valence-corrected chi connectivity index (χ2v) is 4.53. The van der Waals surface area contributed by atoms with Crippen molar-refractivity contribution in [2.75, 3.05) is 11.9 Å². The molecule has 0 unspecified atom stereocenters. The molecule has 0 spiro atoms. The minimum atomic E-state index is -0.974. The highest BCUT2D eigenvalue weighted by Crippen LogP contribution is 2.13. The Morgan fingerprint density at radius 2 is 2.11 bits per heavy atom. The van der Waals surface area contributed by atoms with Crippen molar-refractivity contribution in [2.24, 2.45) is 5.73 Å². The zero-order chi connectivity index (χ0) is 14.6. The number of carbonyl (C=O) groups excluding carboxylic acids is 2. The Kier molecular flexibility index (Phi) is 4.42. The third-order valence-corrected chi connectivity index (χ3v) is 2.51. The van der Waals surface area contributed by atoms with Crippen molar-refractivity contribution in [3.63, 3.8) is 0 Å². The summed E-state index contributed by atoms with van der Waals surface area (Å²) in [5.74, 6) is -0.765. The van der Waals surface area contributed by atoms with Crippen LogP contribution in [0.5, 0.6) is 0 Å². The van der Waals surface area contributed by atoms with Crippen molar-refractivity contribution in [3.05, 3.63) is 17.5 Å². The summed E-state index contributed by atoms with van der Waals surface area (Å²) >= 11 is 0. The lowest BCUT2D eigenvalue weighted by Gasteiger charge is -2.22. The molecule has 0 aliphatic carbocycles. The maximum Gasteiger partial charge on any atom is 0.341 e. The Balaban J connectivity index is 2.94. The molecule has 7 nitrogen and oxygen atoms in total. The molecule has 19 heavy (non-hydrogen) atoms. The lowest BCUT2D eigenvalue weighted by molar-refractivity contribution is -0.121. The zero-order valence-corrected chi connectivity index (χ0v) is 11.5. The number of aromatic nitrogens is 2. The summed E-state index contributed by atoms with van der Waals surface area (Å²) < 4.78 is 4.87. The van der Waals surface area contributed by atoms with Crippen LogP contribution in [0.25, 0.3) is 0 Å². The van der Waals surface area contributed by atoms with E-state index in [0.29, 0.717) is 11.3 Å². The van der Waals surface area contributed by atoms with Gasteiger partial charge in [0.15, 0.2) is 0 Å². The topological polar surface area (TPSA) is 107 Å². The van der Waals surface area contributed by atoms with Gasteiger partial charge >= 0.3 is 5.97 Å². The van der Waals surface area contributed by atoms with E-state index in [9.17, 15) is 9.59 Å². The Bertz CT molecular complexity index is 500. The quantitative estimate of drug-likeness (QED) is 0.757. The summed E-state index contributed by atoms with van der Waals surface area (Å²) in [4.78, 5) is 30.9. The minimum absolute atomic E-state index is 0.231. The number of nitrogens with two attached hydrogens (primary N) is 1. The molecular weight excluding hydrogens is 248 g/mol. The van der Waals surface area contributed by atoms with Crippen molar-refractivity contribution >= 4 is 17.8 Å². The molecule has 1 aromatic heterocycles. The van der Waals surface area contributed by atoms with E-state index < -0.39 is 17.4 Å². The molecule has 0 saturated carbocycles. The van der Waals surface area contributed by atoms with Crippen LogP contribution in [-0.4, -0.2) is 34.0 Å². The first-order chi connectivity index (χ1) is 8.77. The zero-order valence-electron chi connectivity index (χ0n) is 11.5. The fraction of sp³-hybridized carbons (Fsp3) is 0.500. The summed E-state index contributed by atoms with van der Waals surface area (Å²) in [6.07, 6.45) is 1.36. The SMILES string of the molecule is CCOC(=O)c1cnc(NC(C)(C)C(N)=O)nc1C. The standard InChI is InChI=1S/C12H18N4O3/c1-5-19-9(17)8-6-14-11(15-7(8)2)16-12(3,4)10(13)18/h6H,5H2,1-4H3,(H2,13,18)(H,14,15,16). The van der Waals surface area contributed by atoms with Gasteiger partial charge < -0.3 is 15.8 Å². The molecule has 1 amide bonds. The molecule has 1 rings (SSSR count). The van der Waals surface area contributed by atoms with Gasteiger partial charge in [0.25, 0.3) is 0 Å². The molecule has 104 valence electrons. The molecule has 1 heterocycles. The number of hydrogen-bond donors (Lipinski definition) is 2. The van der Waals surface area contributed by atoms with Gasteiger partial charge in [0, 0.05) is 6.20 Å². The summed E-state index contributed by atoms with van der Waals surface area (Å²) in [6, 6.07) is 0. The molecule has 0 aromatic carbocycles. The number of primary amides is 1. The molecule has 7 heteroatoms. The number of ether oxygens (including phenoxy) is 1. The second kappa shape index (κ2) is 5.64. The van der Waals surface area contributed by atoms with E-state index in [4.69, 9.17) is 10.5 Å². The van der Waals surface area contributed by atoms with Gasteiger partial charge in [-0.1, -0.05) is 0 Å². The molecule has 0 saturated heterocycles. The average molecular weight is 266 g/mol. The predicted molar refractivity (Wildman–Crippen MR) is 69.6 cm³/mol. The predicted octanol–water partition coefficient (Wildman–Crippen LogP) is 0.638. The van der Waals surface area contributed by atoms with Crippen LogP contribution < -0.4 is 11.1 Å².